The van der Waals surface area contributed by atoms with Crippen molar-refractivity contribution in [1.29, 1.82) is 0 Å². The molecule has 0 bridgehead atoms. The van der Waals surface area contributed by atoms with Crippen LogP contribution in [-0.4, -0.2) is 11.0 Å². The van der Waals surface area contributed by atoms with Gasteiger partial charge in [0.05, 0.1) is 12.1 Å². The van der Waals surface area contributed by atoms with E-state index in [9.17, 15) is 9.18 Å². The van der Waals surface area contributed by atoms with Crippen LogP contribution in [0.4, 0.5) is 4.39 Å². The van der Waals surface area contributed by atoms with Crippen LogP contribution in [0.15, 0.2) is 42.6 Å². The number of halogens is 1. The third kappa shape index (κ3) is 8.08. The number of unbranched alkanes of at least 4 members (excludes halogenated alkanes) is 4. The number of ether oxygens (including phenoxy) is 1. The number of esters is 1. The van der Waals surface area contributed by atoms with Gasteiger partial charge in [-0.15, -0.1) is 0 Å². The van der Waals surface area contributed by atoms with Gasteiger partial charge in [-0.25, -0.2) is 4.39 Å². The van der Waals surface area contributed by atoms with Gasteiger partial charge >= 0.3 is 5.97 Å². The summed E-state index contributed by atoms with van der Waals surface area (Å²) in [4.78, 5) is 17.0. The Labute approximate surface area is 186 Å². The third-order valence-corrected chi connectivity index (χ3v) is 6.50. The number of nitrogens with zero attached hydrogens (tertiary/aromatic N) is 1. The molecule has 0 atom stereocenters. The zero-order valence-corrected chi connectivity index (χ0v) is 18.8. The summed E-state index contributed by atoms with van der Waals surface area (Å²) in [6.07, 6.45) is 15.4. The first-order valence-electron chi connectivity index (χ1n) is 12.0. The van der Waals surface area contributed by atoms with Crippen LogP contribution in [0.2, 0.25) is 0 Å². The Morgan fingerprint density at radius 1 is 0.968 bits per heavy atom. The van der Waals surface area contributed by atoms with E-state index in [0.717, 1.165) is 55.7 Å². The van der Waals surface area contributed by atoms with Crippen LogP contribution in [0.5, 0.6) is 5.75 Å². The maximum atomic E-state index is 13.0. The maximum Gasteiger partial charge on any atom is 0.314 e. The molecule has 0 aliphatic heterocycles. The van der Waals surface area contributed by atoms with Crippen molar-refractivity contribution in [2.75, 3.05) is 0 Å². The quantitative estimate of drug-likeness (QED) is 0.285. The number of pyridine rings is 1. The second kappa shape index (κ2) is 12.6. The second-order valence-corrected chi connectivity index (χ2v) is 8.95. The van der Waals surface area contributed by atoms with Gasteiger partial charge < -0.3 is 4.74 Å². The Kier molecular flexibility index (Phi) is 9.51. The summed E-state index contributed by atoms with van der Waals surface area (Å²) in [6.45, 7) is 2.25. The topological polar surface area (TPSA) is 39.2 Å². The van der Waals surface area contributed by atoms with E-state index >= 15 is 0 Å². The smallest absolute Gasteiger partial charge is 0.314 e. The molecule has 3 nitrogen and oxygen atoms in total. The van der Waals surface area contributed by atoms with E-state index in [1.807, 2.05) is 12.1 Å². The fourth-order valence-electron chi connectivity index (χ4n) is 4.47. The highest BCUT2D eigenvalue weighted by Gasteiger charge is 2.27. The van der Waals surface area contributed by atoms with E-state index in [-0.39, 0.29) is 17.7 Å². The van der Waals surface area contributed by atoms with Gasteiger partial charge in [0, 0.05) is 5.69 Å². The minimum absolute atomic E-state index is 0.0227. The number of hydrogen-bond acceptors (Lipinski definition) is 3. The summed E-state index contributed by atoms with van der Waals surface area (Å²) < 4.78 is 18.6. The van der Waals surface area contributed by atoms with Crippen molar-refractivity contribution >= 4 is 5.97 Å². The normalized spacial score (nSPS) is 18.6. The molecular weight excluding hydrogens is 389 g/mol. The van der Waals surface area contributed by atoms with Gasteiger partial charge in [0.1, 0.15) is 11.6 Å². The van der Waals surface area contributed by atoms with Crippen LogP contribution in [0, 0.1) is 17.7 Å². The molecule has 31 heavy (non-hydrogen) atoms. The maximum absolute atomic E-state index is 13.0. The molecule has 2 aromatic rings. The number of carbonyl (C=O) groups excluding carboxylic acids is 1. The molecule has 1 aliphatic carbocycles. The standard InChI is InChI=1S/C27H36FNO2/c1-2-3-4-5-6-7-21-8-13-23(14-9-21)27(30)31-26-19-18-25(29-20-26)17-12-22-10-15-24(28)16-11-22/h10-11,15-16,18-21,23H,2-9,12-14,17H2,1H3/t21-,23-. The number of rotatable bonds is 11. The van der Waals surface area contributed by atoms with E-state index in [1.165, 1.54) is 50.7 Å². The number of carbonyl (C=O) groups is 1. The van der Waals surface area contributed by atoms with E-state index < -0.39 is 0 Å². The van der Waals surface area contributed by atoms with Crippen molar-refractivity contribution in [3.63, 3.8) is 0 Å². The lowest BCUT2D eigenvalue weighted by Gasteiger charge is -2.27. The SMILES string of the molecule is CCCCCCC[C@H]1CC[C@H](C(=O)Oc2ccc(CCc3ccc(F)cc3)nc2)CC1. The number of aromatic nitrogens is 1. The van der Waals surface area contributed by atoms with Gasteiger partial charge in [-0.05, 0) is 74.3 Å². The van der Waals surface area contributed by atoms with E-state index in [0.29, 0.717) is 5.75 Å². The fraction of sp³-hybridized carbons (Fsp3) is 0.556. The molecular formula is C27H36FNO2. The molecule has 0 amide bonds. The predicted molar refractivity (Wildman–Crippen MR) is 123 cm³/mol. The lowest BCUT2D eigenvalue weighted by Crippen LogP contribution is -2.25. The van der Waals surface area contributed by atoms with Crippen LogP contribution in [0.3, 0.4) is 0 Å². The largest absolute Gasteiger partial charge is 0.425 e. The highest BCUT2D eigenvalue weighted by molar-refractivity contribution is 5.75. The van der Waals surface area contributed by atoms with Gasteiger partial charge in [0.15, 0.2) is 0 Å². The van der Waals surface area contributed by atoms with Crippen molar-refractivity contribution in [3.05, 3.63) is 59.7 Å². The highest BCUT2D eigenvalue weighted by Crippen LogP contribution is 2.33. The Morgan fingerprint density at radius 3 is 2.39 bits per heavy atom. The van der Waals surface area contributed by atoms with Gasteiger partial charge in [0.2, 0.25) is 0 Å². The molecule has 1 fully saturated rings. The molecule has 3 rings (SSSR count). The lowest BCUT2D eigenvalue weighted by molar-refractivity contribution is -0.140. The molecule has 4 heteroatoms. The molecule has 1 aromatic carbocycles. The molecule has 0 radical (unpaired) electrons. The van der Waals surface area contributed by atoms with Crippen molar-refractivity contribution in [3.8, 4) is 5.75 Å². The average molecular weight is 426 g/mol. The van der Waals surface area contributed by atoms with Crippen LogP contribution < -0.4 is 4.74 Å². The number of hydrogen-bond donors (Lipinski definition) is 0. The fourth-order valence-corrected chi connectivity index (χ4v) is 4.47. The molecule has 1 aromatic heterocycles. The molecule has 1 heterocycles. The summed E-state index contributed by atoms with van der Waals surface area (Å²) >= 11 is 0. The van der Waals surface area contributed by atoms with Crippen molar-refractivity contribution < 1.29 is 13.9 Å². The van der Waals surface area contributed by atoms with Crippen molar-refractivity contribution in [1.82, 2.24) is 4.98 Å². The molecule has 0 unspecified atom stereocenters. The Morgan fingerprint density at radius 2 is 1.71 bits per heavy atom. The van der Waals surface area contributed by atoms with Gasteiger partial charge in [-0.1, -0.05) is 57.6 Å². The molecule has 168 valence electrons. The molecule has 1 aliphatic rings. The minimum Gasteiger partial charge on any atom is -0.425 e. The molecule has 0 spiro atoms. The van der Waals surface area contributed by atoms with E-state index in [4.69, 9.17) is 4.74 Å². The van der Waals surface area contributed by atoms with Gasteiger partial charge in [-0.2, -0.15) is 0 Å². The van der Waals surface area contributed by atoms with Crippen molar-refractivity contribution in [2.24, 2.45) is 11.8 Å². The summed E-state index contributed by atoms with van der Waals surface area (Å²) in [5.41, 5.74) is 2.01. The van der Waals surface area contributed by atoms with E-state index in [1.54, 1.807) is 18.3 Å². The summed E-state index contributed by atoms with van der Waals surface area (Å²) in [6, 6.07) is 10.3. The lowest BCUT2D eigenvalue weighted by atomic mass is 9.80. The minimum atomic E-state index is -0.219. The predicted octanol–water partition coefficient (Wildman–Crippen LogP) is 7.08. The summed E-state index contributed by atoms with van der Waals surface area (Å²) in [5, 5.41) is 0. The number of benzene rings is 1. The first kappa shape index (κ1) is 23.4. The Bertz CT molecular complexity index is 780. The van der Waals surface area contributed by atoms with Crippen LogP contribution >= 0.6 is 0 Å². The van der Waals surface area contributed by atoms with Gasteiger partial charge in [0.25, 0.3) is 0 Å². The molecule has 0 saturated heterocycles. The average Bonchev–Trinajstić information content (AvgIpc) is 2.80. The van der Waals surface area contributed by atoms with E-state index in [2.05, 4.69) is 11.9 Å². The first-order valence-corrected chi connectivity index (χ1v) is 12.0. The van der Waals surface area contributed by atoms with Gasteiger partial charge in [-0.3, -0.25) is 9.78 Å². The van der Waals surface area contributed by atoms with Crippen LogP contribution in [-0.2, 0) is 17.6 Å². The van der Waals surface area contributed by atoms with Crippen LogP contribution in [0.25, 0.3) is 0 Å². The summed E-state index contributed by atoms with van der Waals surface area (Å²) in [7, 11) is 0. The number of aryl methyl sites for hydroxylation is 2. The third-order valence-electron chi connectivity index (χ3n) is 6.50. The molecule has 1 saturated carbocycles. The van der Waals surface area contributed by atoms with Crippen molar-refractivity contribution in [2.45, 2.75) is 84.0 Å². The Hall–Kier alpha value is -2.23. The molecule has 0 N–H and O–H groups in total. The zero-order chi connectivity index (χ0) is 21.9. The first-order chi connectivity index (χ1) is 15.1. The van der Waals surface area contributed by atoms with Crippen LogP contribution in [0.1, 0.15) is 82.4 Å². The highest BCUT2D eigenvalue weighted by atomic mass is 19.1. The zero-order valence-electron chi connectivity index (χ0n) is 18.8. The summed E-state index contributed by atoms with van der Waals surface area (Å²) in [5.74, 6) is 1.00. The Balaban J connectivity index is 1.36. The second-order valence-electron chi connectivity index (χ2n) is 8.95. The monoisotopic (exact) mass is 425 g/mol.